The van der Waals surface area contributed by atoms with Gasteiger partial charge in [-0.05, 0) is 90.4 Å². The highest BCUT2D eigenvalue weighted by molar-refractivity contribution is 7.48. The monoisotopic (exact) mass is 1410 g/mol. The molecule has 27 nitrogen and oxygen atoms in total. The molecule has 3 aliphatic heterocycles. The second-order valence-electron chi connectivity index (χ2n) is 25.6. The van der Waals surface area contributed by atoms with E-state index in [-0.39, 0.29) is 76.8 Å². The van der Waals surface area contributed by atoms with Crippen LogP contribution in [0.3, 0.4) is 0 Å². The topological polar surface area (TPSA) is 393 Å². The van der Waals surface area contributed by atoms with Crippen LogP contribution in [0.5, 0.6) is 0 Å². The maximum atomic E-state index is 13.5. The molecule has 11 N–H and O–H groups in total. The van der Waals surface area contributed by atoms with Crippen LogP contribution in [0.15, 0.2) is 24.3 Å². The highest BCUT2D eigenvalue weighted by atomic mass is 31.2. The number of phosphoric ester groups is 1. The number of esters is 2. The van der Waals surface area contributed by atoms with Gasteiger partial charge in [0.25, 0.3) is 0 Å². The van der Waals surface area contributed by atoms with Crippen molar-refractivity contribution >= 4 is 31.6 Å². The van der Waals surface area contributed by atoms with Crippen LogP contribution in [0.4, 0.5) is 0 Å². The Labute approximate surface area is 576 Å². The van der Waals surface area contributed by atoms with E-state index in [2.05, 4.69) is 48.8 Å². The average molecular weight is 1410 g/mol. The van der Waals surface area contributed by atoms with Gasteiger partial charge in [-0.1, -0.05) is 141 Å². The molecule has 0 spiro atoms. The number of hydrogen-bond donors (Lipinski definition) is 11. The first-order valence-corrected chi connectivity index (χ1v) is 37.8. The molecular weight excluding hydrogens is 1290 g/mol. The van der Waals surface area contributed by atoms with Gasteiger partial charge in [-0.15, -0.1) is 0 Å². The Hall–Kier alpha value is -3.13. The average Bonchev–Trinajstić information content (AvgIpc) is 0.780. The van der Waals surface area contributed by atoms with Crippen molar-refractivity contribution in [1.82, 2.24) is 10.6 Å². The van der Waals surface area contributed by atoms with Crippen LogP contribution in [0.2, 0.25) is 0 Å². The number of aliphatic hydroxyl groups is 9. The minimum atomic E-state index is -4.24. The van der Waals surface area contributed by atoms with Gasteiger partial charge in [0.1, 0.15) is 73.8 Å². The van der Waals surface area contributed by atoms with Gasteiger partial charge in [0.15, 0.2) is 25.0 Å². The van der Waals surface area contributed by atoms with E-state index in [1.54, 1.807) is 0 Å². The molecule has 3 rings (SSSR count). The lowest BCUT2D eigenvalue weighted by atomic mass is 9.96. The summed E-state index contributed by atoms with van der Waals surface area (Å²) in [5, 5.41) is 99.7. The molecule has 17 atom stereocenters. The minimum Gasteiger partial charge on any atom is -0.462 e. The first-order valence-electron chi connectivity index (χ1n) is 36.3. The number of ether oxygens (including phenoxy) is 8. The molecule has 97 heavy (non-hydrogen) atoms. The maximum absolute atomic E-state index is 13.5. The Morgan fingerprint density at radius 1 is 0.464 bits per heavy atom. The molecule has 0 radical (unpaired) electrons. The number of unbranched alkanes of at least 4 members (excludes halogenated alkanes) is 23. The zero-order chi connectivity index (χ0) is 71.1. The molecule has 0 aromatic carbocycles. The van der Waals surface area contributed by atoms with Crippen LogP contribution >= 0.6 is 7.82 Å². The fourth-order valence-corrected chi connectivity index (χ4v) is 12.3. The minimum absolute atomic E-state index is 0.0518. The largest absolute Gasteiger partial charge is 0.474 e. The summed E-state index contributed by atoms with van der Waals surface area (Å²) in [5.41, 5.74) is 0. The third-order valence-corrected chi connectivity index (χ3v) is 18.8. The van der Waals surface area contributed by atoms with Gasteiger partial charge >= 0.3 is 19.8 Å². The van der Waals surface area contributed by atoms with Crippen molar-refractivity contribution in [2.75, 3.05) is 59.8 Å². The number of hydrogen-bond acceptors (Lipinski definition) is 25. The number of carbonyl (C=O) groups excluding carboxylic acids is 4. The smallest absolute Gasteiger partial charge is 0.462 e. The highest BCUT2D eigenvalue weighted by Gasteiger charge is 2.54. The summed E-state index contributed by atoms with van der Waals surface area (Å²) < 4.78 is 75.6. The van der Waals surface area contributed by atoms with E-state index >= 15 is 0 Å². The zero-order valence-electron chi connectivity index (χ0n) is 58.5. The standard InChI is InChI=1S/C69H125N2O25P/c1-5-7-9-11-13-15-17-19-21-23-25-27-29-31-33-40-56(76)88-48-51(92-57(77)41-34-32-30-28-26-24-22-20-18-16-14-12-10-8-6-2)49-90-97(85,86-4)89-45-43-71-55(75)39-36-35-38-54(74)70-42-37-44-87-69-66(96-67-63(83)61(81)58(78)50(3)91-67)65(60(80)53(47-73)94-69)95-68-64(84)62(82)59(79)52(46-72)93-68/h19-22,50-53,58-69,72-73,78-84H,5-18,23-49H2,1-4H3,(H,70,74)(H,71,75)/b21-19+,22-20+/t50?,51-,52?,53?,58-,59+,60+,61+,62+,63?,64?,65+,66?,67+,68-,69-,97?/m1/s1. The molecule has 0 aromatic rings. The third-order valence-electron chi connectivity index (χ3n) is 17.4. The summed E-state index contributed by atoms with van der Waals surface area (Å²) in [6, 6.07) is 0. The summed E-state index contributed by atoms with van der Waals surface area (Å²) in [4.78, 5) is 51.4. The van der Waals surface area contributed by atoms with Gasteiger partial charge in [0.2, 0.25) is 11.8 Å². The van der Waals surface area contributed by atoms with Gasteiger partial charge in [0.05, 0.1) is 39.1 Å². The first kappa shape index (κ1) is 88.1. The molecule has 0 aliphatic carbocycles. The number of amides is 2. The number of allylic oxidation sites excluding steroid dienone is 4. The predicted octanol–water partition coefficient (Wildman–Crippen LogP) is 6.98. The molecule has 3 fully saturated rings. The molecule has 3 aliphatic rings. The van der Waals surface area contributed by atoms with E-state index < -0.39 is 138 Å². The van der Waals surface area contributed by atoms with Gasteiger partial charge in [-0.3, -0.25) is 32.7 Å². The second-order valence-corrected chi connectivity index (χ2v) is 27.4. The maximum Gasteiger partial charge on any atom is 0.474 e. The van der Waals surface area contributed by atoms with Crippen molar-refractivity contribution in [3.05, 3.63) is 24.3 Å². The van der Waals surface area contributed by atoms with Crippen molar-refractivity contribution in [1.29, 1.82) is 0 Å². The van der Waals surface area contributed by atoms with Gasteiger partial charge in [-0.2, -0.15) is 0 Å². The molecule has 0 aromatic heterocycles. The van der Waals surface area contributed by atoms with Gasteiger partial charge in [-0.25, -0.2) is 4.57 Å². The van der Waals surface area contributed by atoms with Crippen LogP contribution in [0.1, 0.15) is 233 Å². The quantitative estimate of drug-likeness (QED) is 0.0127. The summed E-state index contributed by atoms with van der Waals surface area (Å²) in [6.07, 6.45) is 13.8. The predicted molar refractivity (Wildman–Crippen MR) is 359 cm³/mol. The van der Waals surface area contributed by atoms with Crippen LogP contribution in [-0.2, 0) is 75.2 Å². The Morgan fingerprint density at radius 2 is 0.907 bits per heavy atom. The summed E-state index contributed by atoms with van der Waals surface area (Å²) in [5.74, 6) is -1.66. The fourth-order valence-electron chi connectivity index (χ4n) is 11.3. The van der Waals surface area contributed by atoms with E-state index in [0.717, 1.165) is 84.2 Å². The fraction of sp³-hybridized carbons (Fsp3) is 0.884. The summed E-state index contributed by atoms with van der Waals surface area (Å²) in [6.45, 7) is 3.06. The summed E-state index contributed by atoms with van der Waals surface area (Å²) >= 11 is 0. The molecule has 0 bridgehead atoms. The van der Waals surface area contributed by atoms with E-state index in [9.17, 15) is 69.7 Å². The number of nitrogens with one attached hydrogen (secondary N) is 2. The van der Waals surface area contributed by atoms with Crippen LogP contribution in [-0.4, -0.2) is 228 Å². The Kier molecular flexibility index (Phi) is 48.7. The van der Waals surface area contributed by atoms with Crippen LogP contribution in [0, 0.1) is 0 Å². The molecule has 28 heteroatoms. The molecule has 3 heterocycles. The molecule has 7 unspecified atom stereocenters. The van der Waals surface area contributed by atoms with Crippen molar-refractivity contribution in [2.24, 2.45) is 0 Å². The Bertz CT molecular complexity index is 2170. The Balaban J connectivity index is 1.41. The highest BCUT2D eigenvalue weighted by Crippen LogP contribution is 2.48. The lowest BCUT2D eigenvalue weighted by molar-refractivity contribution is -0.390. The molecule has 566 valence electrons. The van der Waals surface area contributed by atoms with E-state index in [1.165, 1.54) is 84.0 Å². The molecular formula is C69H125N2O25P. The van der Waals surface area contributed by atoms with Crippen molar-refractivity contribution in [3.8, 4) is 0 Å². The van der Waals surface area contributed by atoms with Crippen molar-refractivity contribution < 1.29 is 121 Å². The normalized spacial score (nSPS) is 27.0. The summed E-state index contributed by atoms with van der Waals surface area (Å²) in [7, 11) is -3.12. The third kappa shape index (κ3) is 37.0. The zero-order valence-corrected chi connectivity index (χ0v) is 59.4. The first-order chi connectivity index (χ1) is 46.8. The Morgan fingerprint density at radius 3 is 1.43 bits per heavy atom. The van der Waals surface area contributed by atoms with E-state index in [0.29, 0.717) is 25.7 Å². The van der Waals surface area contributed by atoms with E-state index in [1.807, 2.05) is 0 Å². The van der Waals surface area contributed by atoms with Crippen LogP contribution < -0.4 is 10.6 Å². The number of rotatable bonds is 57. The van der Waals surface area contributed by atoms with Gasteiger partial charge in [0, 0.05) is 45.9 Å². The SMILES string of the molecule is CCCCCCCC/C=C/CCCCCCCC(=O)OC[C@H](COP(=O)(OC)OCCNC(=O)CCCCC(=O)NCCCO[C@@H]1OC(CO)[C@H](O)[C@H](O[C@H]2OC(CO)[C@H](O)[C@H](O)C2O)C1O[C@@H]1OC(C)[C@@H](O)[C@H](O)C1O)OC(=O)CCCCCCC/C=C/CCCCCCCC. The van der Waals surface area contributed by atoms with Crippen LogP contribution in [0.25, 0.3) is 0 Å². The lowest BCUT2D eigenvalue weighted by Crippen LogP contribution is -2.67. The molecule has 3 saturated heterocycles. The lowest BCUT2D eigenvalue weighted by Gasteiger charge is -2.48. The van der Waals surface area contributed by atoms with E-state index in [4.69, 9.17) is 51.5 Å². The number of phosphoric acid groups is 1. The van der Waals surface area contributed by atoms with Gasteiger partial charge < -0.3 is 94.5 Å². The second kappa shape index (κ2) is 53.7. The molecule has 0 saturated carbocycles. The number of aliphatic hydroxyl groups excluding tert-OH is 9. The molecule has 2 amide bonds. The van der Waals surface area contributed by atoms with Crippen molar-refractivity contribution in [3.63, 3.8) is 0 Å². The number of carbonyl (C=O) groups is 4. The van der Waals surface area contributed by atoms with Crippen molar-refractivity contribution in [2.45, 2.75) is 331 Å².